The lowest BCUT2D eigenvalue weighted by Crippen LogP contribution is -2.69. The van der Waals surface area contributed by atoms with E-state index >= 15 is 0 Å². The molecular formula is C32H54N4O20. The van der Waals surface area contributed by atoms with Crippen LogP contribution in [0.5, 0.6) is 0 Å². The normalized spacial score (nSPS) is 44.3. The Hall–Kier alpha value is -2.76. The van der Waals surface area contributed by atoms with Crippen LogP contribution in [-0.2, 0) is 57.1 Å². The summed E-state index contributed by atoms with van der Waals surface area (Å²) in [6.07, 6.45) is -28.1. The highest BCUT2D eigenvalue weighted by atomic mass is 16.7. The average Bonchev–Trinajstić information content (AvgIpc) is 3.15. The summed E-state index contributed by atoms with van der Waals surface area (Å²) in [4.78, 5) is 50.9. The monoisotopic (exact) mass is 814 g/mol. The first-order valence-corrected chi connectivity index (χ1v) is 17.8. The minimum absolute atomic E-state index is 0.538. The second-order valence-corrected chi connectivity index (χ2v) is 14.0. The number of ether oxygens (including phenoxy) is 8. The molecule has 0 aromatic carbocycles. The van der Waals surface area contributed by atoms with Gasteiger partial charge in [0.1, 0.15) is 73.2 Å². The van der Waals surface area contributed by atoms with Gasteiger partial charge in [0.05, 0.1) is 37.5 Å². The van der Waals surface area contributed by atoms with E-state index in [1.165, 1.54) is 27.7 Å². The number of carbonyl (C=O) groups excluding carboxylic acids is 4. The largest absolute Gasteiger partial charge is 0.394 e. The minimum Gasteiger partial charge on any atom is -0.394 e. The van der Waals surface area contributed by atoms with Crippen molar-refractivity contribution in [2.45, 2.75) is 150 Å². The third-order valence-electron chi connectivity index (χ3n) is 10.1. The molecule has 0 aromatic rings. The van der Waals surface area contributed by atoms with E-state index in [1.807, 2.05) is 0 Å². The second kappa shape index (κ2) is 19.8. The van der Waals surface area contributed by atoms with Crippen LogP contribution < -0.4 is 21.5 Å². The third-order valence-corrected chi connectivity index (χ3v) is 10.1. The predicted molar refractivity (Wildman–Crippen MR) is 179 cm³/mol. The van der Waals surface area contributed by atoms with Crippen molar-refractivity contribution < 1.29 is 97.9 Å². The first kappa shape index (κ1) is 45.9. The Morgan fingerprint density at radius 3 is 1.16 bits per heavy atom. The van der Waals surface area contributed by atoms with Crippen molar-refractivity contribution in [2.24, 2.45) is 0 Å². The van der Waals surface area contributed by atoms with Gasteiger partial charge in [0, 0.05) is 28.1 Å². The Kier molecular flexibility index (Phi) is 16.2. The van der Waals surface area contributed by atoms with Crippen molar-refractivity contribution in [3.8, 4) is 0 Å². The van der Waals surface area contributed by atoms with E-state index in [2.05, 4.69) is 21.5 Å². The molecule has 0 saturated carbocycles. The van der Waals surface area contributed by atoms with Crippen LogP contribution >= 0.6 is 0 Å². The molecule has 4 saturated heterocycles. The quantitative estimate of drug-likeness (QED) is 0.0814. The Morgan fingerprint density at radius 2 is 0.875 bits per heavy atom. The smallest absolute Gasteiger partial charge is 0.270 e. The van der Waals surface area contributed by atoms with Crippen LogP contribution in [-0.4, -0.2) is 214 Å². The summed E-state index contributed by atoms with van der Waals surface area (Å²) in [5.41, 5.74) is 4.12. The Morgan fingerprint density at radius 1 is 0.536 bits per heavy atom. The van der Waals surface area contributed by atoms with Gasteiger partial charge in [0.25, 0.3) is 11.8 Å². The fourth-order valence-corrected chi connectivity index (χ4v) is 7.19. The summed E-state index contributed by atoms with van der Waals surface area (Å²) in [6.45, 7) is 4.14. The number of aliphatic hydroxyl groups excluding tert-OH is 8. The third kappa shape index (κ3) is 9.91. The molecule has 0 bridgehead atoms. The average molecular weight is 815 g/mol. The highest BCUT2D eigenvalue weighted by Crippen LogP contribution is 2.32. The molecule has 4 fully saturated rings. The number of hydrazine groups is 1. The summed E-state index contributed by atoms with van der Waals surface area (Å²) in [5.74, 6) is -3.43. The lowest BCUT2D eigenvalue weighted by Gasteiger charge is -2.47. The number of rotatable bonds is 12. The van der Waals surface area contributed by atoms with Crippen molar-refractivity contribution in [1.29, 1.82) is 0 Å². The molecule has 0 radical (unpaired) electrons. The molecule has 0 aromatic heterocycles. The molecule has 4 rings (SSSR count). The van der Waals surface area contributed by atoms with Crippen molar-refractivity contribution in [3.63, 3.8) is 0 Å². The van der Waals surface area contributed by atoms with E-state index in [4.69, 9.17) is 37.9 Å². The van der Waals surface area contributed by atoms with Crippen LogP contribution in [0.4, 0.5) is 0 Å². The fraction of sp³-hybridized carbons (Fsp3) is 0.875. The van der Waals surface area contributed by atoms with E-state index in [9.17, 15) is 60.0 Å². The number of methoxy groups -OCH3 is 2. The van der Waals surface area contributed by atoms with E-state index in [0.29, 0.717) is 0 Å². The highest BCUT2D eigenvalue weighted by Gasteiger charge is 2.55. The zero-order chi connectivity index (χ0) is 41.8. The van der Waals surface area contributed by atoms with Gasteiger partial charge in [-0.3, -0.25) is 30.0 Å². The lowest BCUT2D eigenvalue weighted by atomic mass is 9.92. The van der Waals surface area contributed by atoms with Gasteiger partial charge in [0.2, 0.25) is 11.8 Å². The molecule has 20 atom stereocenters. The Bertz CT molecular complexity index is 1250. The number of aliphatic hydroxyl groups is 8. The number of nitrogens with one attached hydrogen (secondary N) is 4. The molecular weight excluding hydrogens is 760 g/mol. The first-order chi connectivity index (χ1) is 26.4. The molecule has 12 N–H and O–H groups in total. The maximum absolute atomic E-state index is 13.5. The Balaban J connectivity index is 1.49. The SMILES string of the molecule is CO[C@@H]1C(C(=O)NNC(=O)C2O[C@@H](O[C@H]3C(NC(C)=O)[C@H](C)OC(CO)[C@H]3O)C(O)[C@H](O)[C@@H]2OC)O[C@@H](OC2[C@H](O)C(CO)O[C@@H](C)[C@H]2NC(C)=O)C(O)C1O. The van der Waals surface area contributed by atoms with Crippen LogP contribution in [0.2, 0.25) is 0 Å². The van der Waals surface area contributed by atoms with Crippen LogP contribution in [0.25, 0.3) is 0 Å². The van der Waals surface area contributed by atoms with Crippen molar-refractivity contribution in [2.75, 3.05) is 27.4 Å². The molecule has 322 valence electrons. The summed E-state index contributed by atoms with van der Waals surface area (Å²) < 4.78 is 44.6. The molecule has 24 nitrogen and oxygen atoms in total. The Labute approximate surface area is 320 Å². The van der Waals surface area contributed by atoms with Gasteiger partial charge in [-0.2, -0.15) is 0 Å². The molecule has 4 amide bonds. The fourth-order valence-electron chi connectivity index (χ4n) is 7.19. The van der Waals surface area contributed by atoms with E-state index < -0.39 is 159 Å². The number of hydrogen-bond donors (Lipinski definition) is 12. The molecule has 4 aliphatic rings. The van der Waals surface area contributed by atoms with E-state index in [-0.39, 0.29) is 0 Å². The molecule has 0 spiro atoms. The first-order valence-electron chi connectivity index (χ1n) is 17.8. The van der Waals surface area contributed by atoms with Gasteiger partial charge in [-0.25, -0.2) is 0 Å². The minimum atomic E-state index is -1.90. The molecule has 9 unspecified atom stereocenters. The zero-order valence-electron chi connectivity index (χ0n) is 31.4. The second-order valence-electron chi connectivity index (χ2n) is 14.0. The number of amides is 4. The van der Waals surface area contributed by atoms with Crippen molar-refractivity contribution in [1.82, 2.24) is 21.5 Å². The van der Waals surface area contributed by atoms with E-state index in [1.54, 1.807) is 0 Å². The molecule has 56 heavy (non-hydrogen) atoms. The van der Waals surface area contributed by atoms with Gasteiger partial charge in [-0.15, -0.1) is 0 Å². The summed E-state index contributed by atoms with van der Waals surface area (Å²) in [7, 11) is 2.18. The zero-order valence-corrected chi connectivity index (χ0v) is 31.4. The maximum atomic E-state index is 13.5. The van der Waals surface area contributed by atoms with Crippen LogP contribution in [0.1, 0.15) is 27.7 Å². The number of carbonyl (C=O) groups is 4. The summed E-state index contributed by atoms with van der Waals surface area (Å²) in [5, 5.41) is 90.0. The summed E-state index contributed by atoms with van der Waals surface area (Å²) >= 11 is 0. The summed E-state index contributed by atoms with van der Waals surface area (Å²) in [6, 6.07) is -2.11. The topological polar surface area (TPSA) is 352 Å². The van der Waals surface area contributed by atoms with Crippen molar-refractivity contribution >= 4 is 23.6 Å². The molecule has 24 heteroatoms. The molecule has 4 aliphatic heterocycles. The van der Waals surface area contributed by atoms with Crippen LogP contribution in [0.15, 0.2) is 0 Å². The highest BCUT2D eigenvalue weighted by molar-refractivity contribution is 5.87. The molecule has 4 heterocycles. The van der Waals surface area contributed by atoms with Crippen LogP contribution in [0, 0.1) is 0 Å². The molecule has 0 aliphatic carbocycles. The van der Waals surface area contributed by atoms with E-state index in [0.717, 1.165) is 14.2 Å². The van der Waals surface area contributed by atoms with Gasteiger partial charge in [0.15, 0.2) is 24.8 Å². The van der Waals surface area contributed by atoms with Gasteiger partial charge >= 0.3 is 0 Å². The van der Waals surface area contributed by atoms with Gasteiger partial charge < -0.3 is 89.4 Å². The van der Waals surface area contributed by atoms with Gasteiger partial charge in [-0.1, -0.05) is 0 Å². The van der Waals surface area contributed by atoms with Crippen LogP contribution in [0.3, 0.4) is 0 Å². The lowest BCUT2D eigenvalue weighted by molar-refractivity contribution is -0.326. The van der Waals surface area contributed by atoms with Gasteiger partial charge in [-0.05, 0) is 13.8 Å². The number of hydrogen-bond acceptors (Lipinski definition) is 20. The van der Waals surface area contributed by atoms with Crippen molar-refractivity contribution in [3.05, 3.63) is 0 Å². The predicted octanol–water partition coefficient (Wildman–Crippen LogP) is -7.88. The maximum Gasteiger partial charge on any atom is 0.270 e. The standard InChI is InChI=1S/C32H54N4O20/c1-9-15(33-11(3)39)23(17(41)13(7-37)51-9)53-31-21(45)19(43)25(49-5)27(55-31)29(47)35-36-30(48)28-26(50-6)20(44)22(46)32(56-28)54-24-16(34-12(4)40)10(2)52-14(8-38)18(24)42/h9-10,13-28,31-32,37-38,41-46H,7-8H2,1-6H3,(H,33,39)(H,34,40)(H,35,47)(H,36,48)/t9-,10-,13?,14?,15+,16?,17+,18+,19?,20-,21?,22?,23?,24-,25-,26-,27?,28?,31+,32+/m0/s1.